The quantitative estimate of drug-likeness (QED) is 0.129. The van der Waals surface area contributed by atoms with Crippen LogP contribution in [0.4, 0.5) is 36.7 Å². The molecular weight excluding hydrogens is 831 g/mol. The molecule has 2 aromatic carbocycles. The van der Waals surface area contributed by atoms with Gasteiger partial charge in [-0.05, 0) is 90.8 Å². The molecule has 0 saturated carbocycles. The van der Waals surface area contributed by atoms with E-state index in [1.807, 2.05) is 65.8 Å². The van der Waals surface area contributed by atoms with Crippen LogP contribution in [-0.4, -0.2) is 93.5 Å². The number of nitrogens with zero attached hydrogens (tertiary/aromatic N) is 5. The van der Waals surface area contributed by atoms with Gasteiger partial charge in [-0.3, -0.25) is 19.5 Å². The predicted molar refractivity (Wildman–Crippen MR) is 217 cm³/mol. The summed E-state index contributed by atoms with van der Waals surface area (Å²) < 4.78 is 28.1. The van der Waals surface area contributed by atoms with Crippen LogP contribution in [0.2, 0.25) is 0 Å². The molecule has 2 amide bonds. The van der Waals surface area contributed by atoms with E-state index >= 15 is 0 Å². The fraction of sp³-hybridized carbons (Fsp3) is 0.459. The molecule has 4 heterocycles. The zero-order valence-electron chi connectivity index (χ0n) is 32.1. The second-order valence-electron chi connectivity index (χ2n) is 14.8. The molecule has 2 fully saturated rings. The lowest BCUT2D eigenvalue weighted by Gasteiger charge is -2.24. The lowest BCUT2D eigenvalue weighted by Crippen LogP contribution is -2.36. The second kappa shape index (κ2) is 17.8. The predicted octanol–water partition coefficient (Wildman–Crippen LogP) is 8.91. The minimum Gasteiger partial charge on any atom is -0.444 e. The molecule has 0 unspecified atom stereocenters. The standard InChI is InChI=1S/C18H21BrN4O4.C18H23BrN4O2.CH3F/c1-18(2,3)27-17(24)22-7-6-12(10-22)21-16-13-8-11(19)4-5-14(13)20-9-15(16)23(25)26;1-18(2,3)25-17(24)23-7-6-12(10-23)22-16-13-8-11(19)4-5-15(13)21-9-14(16)20;1-2/h4-5,8-9,12H,6-7,10H2,1-3H3,(H,20,21);4-5,8-9,12H,6-7,10,20H2,1-3H3,(H,21,22);1H3/t2*12-;/m11./s1/i;;1D. The molecule has 2 aliphatic rings. The number of hydrogen-bond acceptors (Lipinski definition) is 11. The highest BCUT2D eigenvalue weighted by Gasteiger charge is 2.32. The number of nitrogens with one attached hydrogen (secondary N) is 2. The maximum atomic E-state index is 12.2. The van der Waals surface area contributed by atoms with E-state index in [4.69, 9.17) is 16.6 Å². The van der Waals surface area contributed by atoms with Gasteiger partial charge in [0, 0.05) is 58.0 Å². The number of alkyl halides is 1. The first-order valence-electron chi connectivity index (χ1n) is 17.9. The number of hydrogen-bond donors (Lipinski definition) is 3. The third-order valence-electron chi connectivity index (χ3n) is 8.24. The van der Waals surface area contributed by atoms with Crippen molar-refractivity contribution < 1.29 is 29.7 Å². The Morgan fingerprint density at radius 2 is 1.30 bits per heavy atom. The number of aromatic nitrogens is 2. The summed E-state index contributed by atoms with van der Waals surface area (Å²) in [5, 5.41) is 19.9. The Morgan fingerprint density at radius 3 is 1.74 bits per heavy atom. The van der Waals surface area contributed by atoms with Gasteiger partial charge in [-0.25, -0.2) is 14.6 Å². The average molecular weight is 880 g/mol. The molecule has 4 aromatic rings. The van der Waals surface area contributed by atoms with Gasteiger partial charge < -0.3 is 35.6 Å². The molecule has 6 rings (SSSR count). The van der Waals surface area contributed by atoms with Gasteiger partial charge in [0.05, 0.1) is 42.1 Å². The SMILES string of the molecule is CC(C)(C)OC(=O)N1CC[C@@H](Nc2c(N)cnc3ccc(Br)cc23)C1.CC(C)(C)OC(=O)N1CC[C@@H](Nc2c([N+](=O)[O-])cnc3ccc(Br)cc23)C1.[2H]CF. The van der Waals surface area contributed by atoms with Crippen LogP contribution in [0.3, 0.4) is 0 Å². The molecule has 14 nitrogen and oxygen atoms in total. The van der Waals surface area contributed by atoms with E-state index in [-0.39, 0.29) is 30.0 Å². The first-order valence-corrected chi connectivity index (χ1v) is 18.8. The lowest BCUT2D eigenvalue weighted by molar-refractivity contribution is -0.384. The summed E-state index contributed by atoms with van der Waals surface area (Å²) in [6.07, 6.45) is 3.80. The van der Waals surface area contributed by atoms with Crippen molar-refractivity contribution in [2.24, 2.45) is 0 Å². The summed E-state index contributed by atoms with van der Waals surface area (Å²) in [4.78, 5) is 47.4. The number of nitro groups is 1. The maximum absolute atomic E-state index is 12.2. The van der Waals surface area contributed by atoms with Gasteiger partial charge in [0.1, 0.15) is 23.1 Å². The fourth-order valence-corrected chi connectivity index (χ4v) is 6.66. The smallest absolute Gasteiger partial charge is 0.410 e. The summed E-state index contributed by atoms with van der Waals surface area (Å²) in [5.74, 6) is 0. The molecule has 0 bridgehead atoms. The average Bonchev–Trinajstić information content (AvgIpc) is 3.76. The highest BCUT2D eigenvalue weighted by Crippen LogP contribution is 2.35. The topological polar surface area (TPSA) is 178 Å². The number of anilines is 3. The Labute approximate surface area is 332 Å². The van der Waals surface area contributed by atoms with Crippen LogP contribution >= 0.6 is 31.9 Å². The molecule has 2 saturated heterocycles. The second-order valence-corrected chi connectivity index (χ2v) is 16.6. The van der Waals surface area contributed by atoms with E-state index in [1.54, 1.807) is 28.1 Å². The van der Waals surface area contributed by atoms with Crippen LogP contribution in [0, 0.1) is 10.1 Å². The Morgan fingerprint density at radius 1 is 0.870 bits per heavy atom. The molecule has 4 N–H and O–H groups in total. The van der Waals surface area contributed by atoms with Gasteiger partial charge in [-0.15, -0.1) is 0 Å². The third kappa shape index (κ3) is 11.3. The van der Waals surface area contributed by atoms with E-state index < -0.39 is 23.3 Å². The molecule has 2 aromatic heterocycles. The number of nitrogen functional groups attached to an aromatic ring is 1. The van der Waals surface area contributed by atoms with Gasteiger partial charge in [0.2, 0.25) is 0 Å². The van der Waals surface area contributed by atoms with Gasteiger partial charge in [0.15, 0.2) is 0 Å². The van der Waals surface area contributed by atoms with Crippen molar-refractivity contribution in [1.29, 1.82) is 0 Å². The maximum Gasteiger partial charge on any atom is 0.410 e. The number of halogens is 3. The van der Waals surface area contributed by atoms with Crippen molar-refractivity contribution in [3.05, 3.63) is 67.9 Å². The Balaban J connectivity index is 0.000000229. The monoisotopic (exact) mass is 877 g/mol. The summed E-state index contributed by atoms with van der Waals surface area (Å²) >= 11 is 6.90. The van der Waals surface area contributed by atoms with Crippen LogP contribution in [0.5, 0.6) is 0 Å². The Bertz CT molecular complexity index is 2010. The van der Waals surface area contributed by atoms with Gasteiger partial charge in [-0.2, -0.15) is 0 Å². The van der Waals surface area contributed by atoms with E-state index in [1.165, 1.54) is 6.20 Å². The van der Waals surface area contributed by atoms with E-state index in [2.05, 4.69) is 52.5 Å². The highest BCUT2D eigenvalue weighted by atomic mass is 79.9. The van der Waals surface area contributed by atoms with E-state index in [0.29, 0.717) is 54.9 Å². The molecule has 17 heteroatoms. The Hall–Kier alpha value is -4.51. The number of likely N-dealkylation sites (tertiary alicyclic amines) is 2. The van der Waals surface area contributed by atoms with E-state index in [0.717, 1.165) is 32.0 Å². The number of carbonyl (C=O) groups is 2. The number of carbonyl (C=O) groups excluding carboxylic acids is 2. The number of nitrogens with two attached hydrogens (primary N) is 1. The number of ether oxygens (including phenoxy) is 2. The molecule has 0 spiro atoms. The normalized spacial score (nSPS) is 17.2. The van der Waals surface area contributed by atoms with Gasteiger partial charge in [-0.1, -0.05) is 31.9 Å². The largest absolute Gasteiger partial charge is 0.444 e. The molecule has 0 radical (unpaired) electrons. The summed E-state index contributed by atoms with van der Waals surface area (Å²) in [5.41, 5.74) is 8.43. The fourth-order valence-electron chi connectivity index (χ4n) is 5.93. The lowest BCUT2D eigenvalue weighted by atomic mass is 10.1. The number of fused-ring (bicyclic) bond motifs is 2. The first kappa shape index (κ1) is 40.7. The molecule has 292 valence electrons. The van der Waals surface area contributed by atoms with Crippen molar-refractivity contribution in [3.8, 4) is 0 Å². The highest BCUT2D eigenvalue weighted by molar-refractivity contribution is 9.10. The zero-order valence-corrected chi connectivity index (χ0v) is 34.3. The zero-order chi connectivity index (χ0) is 40.7. The van der Waals surface area contributed by atoms with Crippen LogP contribution in [-0.2, 0) is 9.47 Å². The Kier molecular flexibility index (Phi) is 13.4. The van der Waals surface area contributed by atoms with Crippen molar-refractivity contribution in [2.75, 3.05) is 49.7 Å². The van der Waals surface area contributed by atoms with Crippen LogP contribution in [0.15, 0.2) is 57.7 Å². The van der Waals surface area contributed by atoms with Crippen LogP contribution in [0.25, 0.3) is 21.8 Å². The van der Waals surface area contributed by atoms with Gasteiger partial charge in [0.25, 0.3) is 0 Å². The minimum atomic E-state index is -1.00. The minimum absolute atomic E-state index is 0.0867. The molecular formula is C37H47Br2FN8O6. The van der Waals surface area contributed by atoms with Crippen molar-refractivity contribution in [3.63, 3.8) is 0 Å². The van der Waals surface area contributed by atoms with Crippen molar-refractivity contribution in [1.82, 2.24) is 19.8 Å². The molecule has 54 heavy (non-hydrogen) atoms. The summed E-state index contributed by atoms with van der Waals surface area (Å²) in [6, 6.07) is 11.4. The number of rotatable bonds is 5. The number of amides is 2. The molecule has 0 aliphatic carbocycles. The number of pyridine rings is 2. The van der Waals surface area contributed by atoms with Crippen LogP contribution < -0.4 is 16.4 Å². The number of benzene rings is 2. The third-order valence-corrected chi connectivity index (χ3v) is 9.23. The molecule has 2 atom stereocenters. The summed E-state index contributed by atoms with van der Waals surface area (Å²) in [6.45, 7) is 13.3. The first-order chi connectivity index (χ1) is 25.8. The van der Waals surface area contributed by atoms with Crippen molar-refractivity contribution in [2.45, 2.75) is 77.7 Å². The molecule has 2 aliphatic heterocycles. The summed E-state index contributed by atoms with van der Waals surface area (Å²) in [7, 11) is -1.00. The van der Waals surface area contributed by atoms with Crippen LogP contribution in [0.1, 0.15) is 55.8 Å². The van der Waals surface area contributed by atoms with E-state index in [9.17, 15) is 24.1 Å². The van der Waals surface area contributed by atoms with Crippen molar-refractivity contribution >= 4 is 88.6 Å². The van der Waals surface area contributed by atoms with Gasteiger partial charge >= 0.3 is 17.9 Å².